The van der Waals surface area contributed by atoms with E-state index >= 15 is 0 Å². The highest BCUT2D eigenvalue weighted by Crippen LogP contribution is 2.25. The summed E-state index contributed by atoms with van der Waals surface area (Å²) in [7, 11) is 3.31. The molecule has 4 nitrogen and oxygen atoms in total. The van der Waals surface area contributed by atoms with Crippen LogP contribution in [-0.2, 0) is 9.59 Å². The van der Waals surface area contributed by atoms with E-state index in [0.717, 1.165) is 0 Å². The van der Waals surface area contributed by atoms with Crippen molar-refractivity contribution in [2.75, 3.05) is 20.6 Å². The lowest BCUT2D eigenvalue weighted by molar-refractivity contribution is -0.160. The predicted octanol–water partition coefficient (Wildman–Crippen LogP) is 0.252. The Kier molecular flexibility index (Phi) is 2.64. The maximum Gasteiger partial charge on any atom is 0.248 e. The van der Waals surface area contributed by atoms with Crippen molar-refractivity contribution < 1.29 is 9.59 Å². The highest BCUT2D eigenvalue weighted by molar-refractivity contribution is 5.97. The van der Waals surface area contributed by atoms with Gasteiger partial charge in [0.2, 0.25) is 11.8 Å². The zero-order chi connectivity index (χ0) is 10.9. The van der Waals surface area contributed by atoms with Crippen LogP contribution in [0, 0.1) is 0 Å². The van der Waals surface area contributed by atoms with Crippen LogP contribution >= 0.6 is 0 Å². The number of carbonyl (C=O) groups excluding carboxylic acids is 2. The van der Waals surface area contributed by atoms with Crippen molar-refractivity contribution >= 4 is 11.8 Å². The van der Waals surface area contributed by atoms with Gasteiger partial charge in [-0.05, 0) is 13.3 Å². The summed E-state index contributed by atoms with van der Waals surface area (Å²) in [5, 5.41) is 0. The van der Waals surface area contributed by atoms with Gasteiger partial charge in [-0.3, -0.25) is 9.59 Å². The number of hydrogen-bond acceptors (Lipinski definition) is 2. The number of hydrogen-bond donors (Lipinski definition) is 0. The van der Waals surface area contributed by atoms with Gasteiger partial charge in [0.1, 0.15) is 5.54 Å². The van der Waals surface area contributed by atoms with Gasteiger partial charge >= 0.3 is 0 Å². The molecule has 78 valence electrons. The first-order valence-corrected chi connectivity index (χ1v) is 4.56. The Balaban J connectivity index is 3.03. The third-order valence-corrected chi connectivity index (χ3v) is 2.84. The van der Waals surface area contributed by atoms with E-state index in [1.54, 1.807) is 27.1 Å². The Hall–Kier alpha value is -1.32. The second-order valence-corrected chi connectivity index (χ2v) is 3.88. The number of likely N-dealkylation sites (N-methyl/N-ethyl adjacent to an activating group) is 2. The molecule has 1 unspecified atom stereocenters. The van der Waals surface area contributed by atoms with E-state index in [9.17, 15) is 9.59 Å². The quantitative estimate of drug-likeness (QED) is 0.594. The Morgan fingerprint density at radius 1 is 1.50 bits per heavy atom. The molecular formula is C10H16N2O2. The van der Waals surface area contributed by atoms with Crippen molar-refractivity contribution in [3.63, 3.8) is 0 Å². The van der Waals surface area contributed by atoms with Crippen molar-refractivity contribution in [3.05, 3.63) is 12.7 Å². The second-order valence-electron chi connectivity index (χ2n) is 3.88. The minimum Gasteiger partial charge on any atom is -0.334 e. The molecule has 1 rings (SSSR count). The van der Waals surface area contributed by atoms with Crippen LogP contribution in [0.15, 0.2) is 12.7 Å². The molecule has 1 atom stereocenters. The van der Waals surface area contributed by atoms with Crippen molar-refractivity contribution in [2.45, 2.75) is 18.9 Å². The lowest BCUT2D eigenvalue weighted by atomic mass is 9.91. The molecule has 1 heterocycles. The summed E-state index contributed by atoms with van der Waals surface area (Å²) >= 11 is 0. The molecule has 1 aliphatic rings. The van der Waals surface area contributed by atoms with Gasteiger partial charge in [0.05, 0.1) is 6.54 Å². The van der Waals surface area contributed by atoms with Crippen molar-refractivity contribution in [1.82, 2.24) is 9.80 Å². The number of carbonyl (C=O) groups is 2. The minimum absolute atomic E-state index is 0.0282. The Morgan fingerprint density at radius 2 is 2.07 bits per heavy atom. The summed E-state index contributed by atoms with van der Waals surface area (Å²) in [6, 6.07) is 0. The predicted molar refractivity (Wildman–Crippen MR) is 53.6 cm³/mol. The molecule has 0 spiro atoms. The zero-order valence-corrected chi connectivity index (χ0v) is 8.91. The fraction of sp³-hybridized carbons (Fsp3) is 0.600. The highest BCUT2D eigenvalue weighted by Gasteiger charge is 2.45. The van der Waals surface area contributed by atoms with Crippen molar-refractivity contribution in [2.24, 2.45) is 0 Å². The van der Waals surface area contributed by atoms with E-state index in [1.807, 2.05) is 0 Å². The topological polar surface area (TPSA) is 40.6 Å². The summed E-state index contributed by atoms with van der Waals surface area (Å²) in [5.41, 5.74) is -0.758. The lowest BCUT2D eigenvalue weighted by Crippen LogP contribution is -2.64. The Labute approximate surface area is 84.2 Å². The van der Waals surface area contributed by atoms with Gasteiger partial charge in [-0.2, -0.15) is 0 Å². The first kappa shape index (κ1) is 10.8. The SMILES string of the molecule is C=CCC1(C)C(=O)N(C)CC(=O)N1C. The first-order valence-electron chi connectivity index (χ1n) is 4.56. The smallest absolute Gasteiger partial charge is 0.248 e. The molecule has 0 aromatic heterocycles. The van der Waals surface area contributed by atoms with Gasteiger partial charge in [0.15, 0.2) is 0 Å². The number of rotatable bonds is 2. The van der Waals surface area contributed by atoms with E-state index in [0.29, 0.717) is 6.42 Å². The summed E-state index contributed by atoms with van der Waals surface area (Å²) < 4.78 is 0. The molecule has 4 heteroatoms. The third-order valence-electron chi connectivity index (χ3n) is 2.84. The van der Waals surface area contributed by atoms with Crippen LogP contribution in [0.4, 0.5) is 0 Å². The lowest BCUT2D eigenvalue weighted by Gasteiger charge is -2.44. The standard InChI is InChI=1S/C10H16N2O2/c1-5-6-10(2)9(14)11(3)7-8(13)12(10)4/h5H,1,6-7H2,2-4H3. The molecule has 1 aliphatic heterocycles. The van der Waals surface area contributed by atoms with Crippen LogP contribution in [0.1, 0.15) is 13.3 Å². The fourth-order valence-corrected chi connectivity index (χ4v) is 1.72. The normalized spacial score (nSPS) is 28.2. The highest BCUT2D eigenvalue weighted by atomic mass is 16.2. The van der Waals surface area contributed by atoms with Crippen molar-refractivity contribution in [1.29, 1.82) is 0 Å². The van der Waals surface area contributed by atoms with Gasteiger partial charge in [0, 0.05) is 14.1 Å². The number of amides is 2. The number of piperazine rings is 1. The molecule has 1 saturated heterocycles. The summed E-state index contributed by atoms with van der Waals surface area (Å²) in [5.74, 6) is -0.0593. The summed E-state index contributed by atoms with van der Waals surface area (Å²) in [4.78, 5) is 26.4. The van der Waals surface area contributed by atoms with E-state index < -0.39 is 5.54 Å². The Bertz CT molecular complexity index is 288. The monoisotopic (exact) mass is 196 g/mol. The molecule has 0 aliphatic carbocycles. The van der Waals surface area contributed by atoms with E-state index in [-0.39, 0.29) is 18.4 Å². The molecule has 0 aromatic rings. The second kappa shape index (κ2) is 3.44. The van der Waals surface area contributed by atoms with Crippen LogP contribution in [0.2, 0.25) is 0 Å². The molecule has 14 heavy (non-hydrogen) atoms. The van der Waals surface area contributed by atoms with Crippen LogP contribution in [0.25, 0.3) is 0 Å². The molecule has 0 N–H and O–H groups in total. The average molecular weight is 196 g/mol. The van der Waals surface area contributed by atoms with Gasteiger partial charge in [-0.1, -0.05) is 6.08 Å². The van der Waals surface area contributed by atoms with Gasteiger partial charge in [-0.25, -0.2) is 0 Å². The van der Waals surface area contributed by atoms with Crippen LogP contribution in [0.5, 0.6) is 0 Å². The third kappa shape index (κ3) is 1.41. The minimum atomic E-state index is -0.758. The molecule has 1 fully saturated rings. The number of nitrogens with zero attached hydrogens (tertiary/aromatic N) is 2. The van der Waals surface area contributed by atoms with Crippen LogP contribution < -0.4 is 0 Å². The maximum absolute atomic E-state index is 11.9. The van der Waals surface area contributed by atoms with Crippen molar-refractivity contribution in [3.8, 4) is 0 Å². The molecule has 0 bridgehead atoms. The first-order chi connectivity index (χ1) is 6.43. The molecule has 0 aromatic carbocycles. The molecule has 0 radical (unpaired) electrons. The largest absolute Gasteiger partial charge is 0.334 e. The van der Waals surface area contributed by atoms with Crippen LogP contribution in [-0.4, -0.2) is 47.8 Å². The fourth-order valence-electron chi connectivity index (χ4n) is 1.72. The summed E-state index contributed by atoms with van der Waals surface area (Å²) in [6.45, 7) is 5.55. The molecule has 0 saturated carbocycles. The average Bonchev–Trinajstić information content (AvgIpc) is 2.13. The van der Waals surface area contributed by atoms with Crippen LogP contribution in [0.3, 0.4) is 0 Å². The molecule has 2 amide bonds. The van der Waals surface area contributed by atoms with E-state index in [1.165, 1.54) is 9.80 Å². The van der Waals surface area contributed by atoms with Gasteiger partial charge < -0.3 is 9.80 Å². The summed E-state index contributed by atoms with van der Waals surface area (Å²) in [6.07, 6.45) is 2.15. The maximum atomic E-state index is 11.9. The van der Waals surface area contributed by atoms with E-state index in [4.69, 9.17) is 0 Å². The zero-order valence-electron chi connectivity index (χ0n) is 8.91. The Morgan fingerprint density at radius 3 is 2.57 bits per heavy atom. The molecular weight excluding hydrogens is 180 g/mol. The van der Waals surface area contributed by atoms with E-state index in [2.05, 4.69) is 6.58 Å². The van der Waals surface area contributed by atoms with Gasteiger partial charge in [0.25, 0.3) is 0 Å². The van der Waals surface area contributed by atoms with Gasteiger partial charge in [-0.15, -0.1) is 6.58 Å².